The molecule has 0 unspecified atom stereocenters. The lowest BCUT2D eigenvalue weighted by molar-refractivity contribution is -0.188. The molecule has 2 heteroatoms. The first kappa shape index (κ1) is 8.50. The van der Waals surface area contributed by atoms with Gasteiger partial charge in [-0.1, -0.05) is 20.8 Å². The number of hydrogen-bond donors (Lipinski definition) is 1. The Balaban J connectivity index is 4.03. The van der Waals surface area contributed by atoms with Gasteiger partial charge in [0.15, 0.2) is 0 Å². The van der Waals surface area contributed by atoms with Gasteiger partial charge in [-0.05, 0) is 17.9 Å². The third-order valence-corrected chi connectivity index (χ3v) is 1.41. The molecule has 1 N–H and O–H groups in total. The van der Waals surface area contributed by atoms with E-state index in [0.29, 0.717) is 0 Å². The molecule has 0 aromatic carbocycles. The second-order valence-electron chi connectivity index (χ2n) is 3.16. The molecular formula is C7H14O2. The average Bonchev–Trinajstić information content (AvgIpc) is 1.64. The van der Waals surface area contributed by atoms with Crippen LogP contribution >= 0.6 is 0 Å². The van der Waals surface area contributed by atoms with Crippen molar-refractivity contribution in [2.75, 3.05) is 0 Å². The summed E-state index contributed by atoms with van der Waals surface area (Å²) in [5.74, 6) is 0. The molecule has 0 radical (unpaired) electrons. The SMILES string of the molecule is CC(=COO)C(C)(C)C. The van der Waals surface area contributed by atoms with Gasteiger partial charge in [-0.2, -0.15) is 0 Å². The molecule has 0 aromatic rings. The minimum Gasteiger partial charge on any atom is -0.348 e. The van der Waals surface area contributed by atoms with Gasteiger partial charge in [0.05, 0.1) is 0 Å². The van der Waals surface area contributed by atoms with Gasteiger partial charge in [0.2, 0.25) is 0 Å². The Morgan fingerprint density at radius 2 is 1.89 bits per heavy atom. The van der Waals surface area contributed by atoms with E-state index in [2.05, 4.69) is 25.7 Å². The van der Waals surface area contributed by atoms with Crippen LogP contribution in [0.1, 0.15) is 27.7 Å². The molecule has 0 aliphatic heterocycles. The van der Waals surface area contributed by atoms with Crippen molar-refractivity contribution in [3.05, 3.63) is 11.8 Å². The average molecular weight is 130 g/mol. The van der Waals surface area contributed by atoms with Crippen LogP contribution < -0.4 is 0 Å². The third kappa shape index (κ3) is 3.14. The highest BCUT2D eigenvalue weighted by Gasteiger charge is 2.12. The number of allylic oxidation sites excluding steroid dienone is 1. The van der Waals surface area contributed by atoms with Crippen LogP contribution in [-0.4, -0.2) is 5.26 Å². The minimum absolute atomic E-state index is 0.0860. The van der Waals surface area contributed by atoms with E-state index in [1.807, 2.05) is 6.92 Å². The van der Waals surface area contributed by atoms with Crippen molar-refractivity contribution in [3.63, 3.8) is 0 Å². The van der Waals surface area contributed by atoms with Crippen LogP contribution in [0.5, 0.6) is 0 Å². The van der Waals surface area contributed by atoms with Gasteiger partial charge in [-0.15, -0.1) is 0 Å². The van der Waals surface area contributed by atoms with Crippen molar-refractivity contribution in [1.82, 2.24) is 0 Å². The van der Waals surface area contributed by atoms with Crippen molar-refractivity contribution in [2.45, 2.75) is 27.7 Å². The predicted molar refractivity (Wildman–Crippen MR) is 36.9 cm³/mol. The van der Waals surface area contributed by atoms with Crippen LogP contribution in [-0.2, 0) is 4.89 Å². The van der Waals surface area contributed by atoms with Crippen molar-refractivity contribution < 1.29 is 10.1 Å². The van der Waals surface area contributed by atoms with E-state index in [0.717, 1.165) is 5.57 Å². The molecule has 0 rings (SSSR count). The van der Waals surface area contributed by atoms with Gasteiger partial charge in [0.1, 0.15) is 6.26 Å². The van der Waals surface area contributed by atoms with Crippen LogP contribution in [0.3, 0.4) is 0 Å². The van der Waals surface area contributed by atoms with E-state index in [1.54, 1.807) is 0 Å². The zero-order chi connectivity index (χ0) is 7.49. The summed E-state index contributed by atoms with van der Waals surface area (Å²) in [6.45, 7) is 8.07. The molecule has 0 aliphatic carbocycles. The van der Waals surface area contributed by atoms with Crippen molar-refractivity contribution >= 4 is 0 Å². The quantitative estimate of drug-likeness (QED) is 0.335. The number of hydrogen-bond acceptors (Lipinski definition) is 2. The third-order valence-electron chi connectivity index (χ3n) is 1.41. The molecule has 0 saturated carbocycles. The molecule has 0 bridgehead atoms. The molecule has 0 amide bonds. The summed E-state index contributed by atoms with van der Waals surface area (Å²) >= 11 is 0. The Morgan fingerprint density at radius 1 is 1.44 bits per heavy atom. The van der Waals surface area contributed by atoms with Crippen molar-refractivity contribution in [3.8, 4) is 0 Å². The molecular weight excluding hydrogens is 116 g/mol. The fraction of sp³-hybridized carbons (Fsp3) is 0.714. The monoisotopic (exact) mass is 130 g/mol. The molecule has 0 spiro atoms. The molecule has 54 valence electrons. The predicted octanol–water partition coefficient (Wildman–Crippen LogP) is 2.43. The zero-order valence-electron chi connectivity index (χ0n) is 6.43. The fourth-order valence-electron chi connectivity index (χ4n) is 0.256. The van der Waals surface area contributed by atoms with Crippen LogP contribution in [0, 0.1) is 5.41 Å². The first-order chi connectivity index (χ1) is 3.98. The van der Waals surface area contributed by atoms with Crippen LogP contribution in [0.2, 0.25) is 0 Å². The van der Waals surface area contributed by atoms with E-state index in [1.165, 1.54) is 6.26 Å². The van der Waals surface area contributed by atoms with E-state index in [4.69, 9.17) is 5.26 Å². The molecule has 9 heavy (non-hydrogen) atoms. The summed E-state index contributed by atoms with van der Waals surface area (Å²) in [7, 11) is 0. The highest BCUT2D eigenvalue weighted by molar-refractivity contribution is 5.03. The molecule has 2 nitrogen and oxygen atoms in total. The largest absolute Gasteiger partial charge is 0.348 e. The molecule has 0 aromatic heterocycles. The minimum atomic E-state index is 0.0860. The van der Waals surface area contributed by atoms with Gasteiger partial charge in [0.25, 0.3) is 0 Å². The zero-order valence-corrected chi connectivity index (χ0v) is 6.43. The lowest BCUT2D eigenvalue weighted by Crippen LogP contribution is -2.06. The Bertz CT molecular complexity index is 109. The highest BCUT2D eigenvalue weighted by atomic mass is 17.1. The smallest absolute Gasteiger partial charge is 0.128 e. The van der Waals surface area contributed by atoms with Gasteiger partial charge in [0, 0.05) is 0 Å². The Hall–Kier alpha value is -0.500. The van der Waals surface area contributed by atoms with Gasteiger partial charge in [-0.3, -0.25) is 0 Å². The summed E-state index contributed by atoms with van der Waals surface area (Å²) in [4.78, 5) is 3.87. The Morgan fingerprint density at radius 3 is 2.00 bits per heavy atom. The lowest BCUT2D eigenvalue weighted by atomic mass is 9.89. The molecule has 0 fully saturated rings. The maximum absolute atomic E-state index is 8.02. The van der Waals surface area contributed by atoms with E-state index < -0.39 is 0 Å². The molecule has 0 aliphatic rings. The van der Waals surface area contributed by atoms with Crippen LogP contribution in [0.4, 0.5) is 0 Å². The Kier molecular flexibility index (Phi) is 2.71. The van der Waals surface area contributed by atoms with E-state index in [9.17, 15) is 0 Å². The van der Waals surface area contributed by atoms with Crippen LogP contribution in [0.15, 0.2) is 11.8 Å². The van der Waals surface area contributed by atoms with Gasteiger partial charge in [-0.25, -0.2) is 5.26 Å². The first-order valence-corrected chi connectivity index (χ1v) is 2.96. The summed E-state index contributed by atoms with van der Waals surface area (Å²) < 4.78 is 0. The molecule has 0 atom stereocenters. The Labute approximate surface area is 56.1 Å². The lowest BCUT2D eigenvalue weighted by Gasteiger charge is -2.17. The molecule has 0 saturated heterocycles. The van der Waals surface area contributed by atoms with E-state index >= 15 is 0 Å². The second kappa shape index (κ2) is 2.87. The number of rotatable bonds is 1. The normalized spacial score (nSPS) is 13.7. The summed E-state index contributed by atoms with van der Waals surface area (Å²) in [6.07, 6.45) is 1.35. The van der Waals surface area contributed by atoms with Crippen molar-refractivity contribution in [1.29, 1.82) is 0 Å². The summed E-state index contributed by atoms with van der Waals surface area (Å²) in [5.41, 5.74) is 1.10. The topological polar surface area (TPSA) is 29.5 Å². The van der Waals surface area contributed by atoms with Crippen molar-refractivity contribution in [2.24, 2.45) is 5.41 Å². The molecule has 0 heterocycles. The maximum atomic E-state index is 8.02. The van der Waals surface area contributed by atoms with Crippen LogP contribution in [0.25, 0.3) is 0 Å². The van der Waals surface area contributed by atoms with Gasteiger partial charge >= 0.3 is 0 Å². The second-order valence-corrected chi connectivity index (χ2v) is 3.16. The summed E-state index contributed by atoms with van der Waals surface area (Å²) in [6, 6.07) is 0. The fourth-order valence-corrected chi connectivity index (χ4v) is 0.256. The summed E-state index contributed by atoms with van der Waals surface area (Å²) in [5, 5.41) is 8.02. The van der Waals surface area contributed by atoms with Gasteiger partial charge < -0.3 is 4.89 Å². The highest BCUT2D eigenvalue weighted by Crippen LogP contribution is 2.23. The van der Waals surface area contributed by atoms with E-state index in [-0.39, 0.29) is 5.41 Å². The first-order valence-electron chi connectivity index (χ1n) is 2.96. The maximum Gasteiger partial charge on any atom is 0.128 e. The standard InChI is InChI=1S/C7H14O2/c1-6(5-9-8)7(2,3)4/h5,8H,1-4H3.